The van der Waals surface area contributed by atoms with Gasteiger partial charge in [-0.2, -0.15) is 0 Å². The average Bonchev–Trinajstić information content (AvgIpc) is 2.43. The minimum Gasteiger partial charge on any atom is -0.444 e. The highest BCUT2D eigenvalue weighted by Gasteiger charge is 2.39. The fourth-order valence-electron chi connectivity index (χ4n) is 3.67. The summed E-state index contributed by atoms with van der Waals surface area (Å²) in [7, 11) is -3.12. The number of carbonyl (C=O) groups excluding carboxylic acids is 1. The first-order valence-corrected chi connectivity index (χ1v) is 11.4. The maximum Gasteiger partial charge on any atom is 0.410 e. The Bertz CT molecular complexity index is 567. The highest BCUT2D eigenvalue weighted by Crippen LogP contribution is 2.31. The van der Waals surface area contributed by atoms with Crippen LogP contribution in [0.25, 0.3) is 0 Å². The van der Waals surface area contributed by atoms with Gasteiger partial charge in [0.2, 0.25) is 10.0 Å². The molecule has 0 radical (unpaired) electrons. The number of piperidine rings is 1. The molecule has 7 nitrogen and oxygen atoms in total. The van der Waals surface area contributed by atoms with E-state index in [4.69, 9.17) is 4.74 Å². The van der Waals surface area contributed by atoms with Gasteiger partial charge in [-0.3, -0.25) is 0 Å². The first-order valence-electron chi connectivity index (χ1n) is 9.77. The van der Waals surface area contributed by atoms with Crippen molar-refractivity contribution in [3.05, 3.63) is 0 Å². The first-order chi connectivity index (χ1) is 12.1. The van der Waals surface area contributed by atoms with E-state index in [1.807, 2.05) is 27.7 Å². The molecule has 2 rings (SSSR count). The van der Waals surface area contributed by atoms with Crippen LogP contribution in [0.1, 0.15) is 47.0 Å². The lowest BCUT2D eigenvalue weighted by atomic mass is 9.81. The molecule has 1 amide bonds. The predicted molar refractivity (Wildman–Crippen MR) is 103 cm³/mol. The van der Waals surface area contributed by atoms with E-state index < -0.39 is 15.6 Å². The fraction of sp³-hybridized carbons (Fsp3) is 0.944. The van der Waals surface area contributed by atoms with E-state index >= 15 is 0 Å². The molecule has 2 saturated heterocycles. The lowest BCUT2D eigenvalue weighted by Gasteiger charge is -2.46. The zero-order valence-corrected chi connectivity index (χ0v) is 17.5. The molecular formula is C18H35N3O4S. The van der Waals surface area contributed by atoms with Gasteiger partial charge in [-0.25, -0.2) is 17.9 Å². The highest BCUT2D eigenvalue weighted by molar-refractivity contribution is 7.89. The van der Waals surface area contributed by atoms with Gasteiger partial charge in [0.15, 0.2) is 0 Å². The summed E-state index contributed by atoms with van der Waals surface area (Å²) in [4.78, 5) is 16.2. The summed E-state index contributed by atoms with van der Waals surface area (Å²) in [6, 6.07) is 0. The Morgan fingerprint density at radius 3 is 2.50 bits per heavy atom. The highest BCUT2D eigenvalue weighted by atomic mass is 32.2. The molecule has 152 valence electrons. The van der Waals surface area contributed by atoms with Crippen molar-refractivity contribution in [2.45, 2.75) is 52.6 Å². The monoisotopic (exact) mass is 389 g/mol. The normalized spacial score (nSPS) is 22.9. The molecule has 0 aromatic rings. The SMILES string of the molecule is CCCS(=O)(=O)NCCN1CCCC(C2CN(C(=O)OC(C)(C)C)C2)C1. The van der Waals surface area contributed by atoms with E-state index in [0.29, 0.717) is 24.8 Å². The number of hydrogen-bond donors (Lipinski definition) is 1. The van der Waals surface area contributed by atoms with Gasteiger partial charge >= 0.3 is 6.09 Å². The summed E-state index contributed by atoms with van der Waals surface area (Å²) in [5.41, 5.74) is -0.449. The number of ether oxygens (including phenoxy) is 1. The Kier molecular flexibility index (Phi) is 7.33. The molecule has 0 aromatic carbocycles. The van der Waals surface area contributed by atoms with Crippen molar-refractivity contribution in [2.24, 2.45) is 11.8 Å². The molecule has 1 atom stereocenters. The smallest absolute Gasteiger partial charge is 0.410 e. The topological polar surface area (TPSA) is 79.0 Å². The van der Waals surface area contributed by atoms with Gasteiger partial charge in [-0.1, -0.05) is 6.92 Å². The predicted octanol–water partition coefficient (Wildman–Crippen LogP) is 1.89. The van der Waals surface area contributed by atoms with Crippen molar-refractivity contribution in [2.75, 3.05) is 45.0 Å². The van der Waals surface area contributed by atoms with Gasteiger partial charge in [0.25, 0.3) is 0 Å². The minimum atomic E-state index is -3.12. The molecule has 2 heterocycles. The van der Waals surface area contributed by atoms with Crippen molar-refractivity contribution in [1.82, 2.24) is 14.5 Å². The van der Waals surface area contributed by atoms with Gasteiger partial charge < -0.3 is 14.5 Å². The number of hydrogen-bond acceptors (Lipinski definition) is 5. The minimum absolute atomic E-state index is 0.193. The van der Waals surface area contributed by atoms with Crippen molar-refractivity contribution in [1.29, 1.82) is 0 Å². The summed E-state index contributed by atoms with van der Waals surface area (Å²) < 4.78 is 31.5. The average molecular weight is 390 g/mol. The van der Waals surface area contributed by atoms with Crippen LogP contribution in [0.15, 0.2) is 0 Å². The van der Waals surface area contributed by atoms with Crippen molar-refractivity contribution in [3.8, 4) is 0 Å². The van der Waals surface area contributed by atoms with Gasteiger partial charge in [-0.05, 0) is 58.4 Å². The van der Waals surface area contributed by atoms with Crippen LogP contribution < -0.4 is 4.72 Å². The third-order valence-electron chi connectivity index (χ3n) is 4.99. The third-order valence-corrected chi connectivity index (χ3v) is 6.58. The van der Waals surface area contributed by atoms with E-state index in [2.05, 4.69) is 9.62 Å². The zero-order valence-electron chi connectivity index (χ0n) is 16.7. The molecule has 2 fully saturated rings. The Balaban J connectivity index is 1.70. The van der Waals surface area contributed by atoms with Crippen LogP contribution >= 0.6 is 0 Å². The van der Waals surface area contributed by atoms with Crippen LogP contribution in [-0.2, 0) is 14.8 Å². The fourth-order valence-corrected chi connectivity index (χ4v) is 4.75. The number of nitrogens with one attached hydrogen (secondary N) is 1. The lowest BCUT2D eigenvalue weighted by Crippen LogP contribution is -2.56. The summed E-state index contributed by atoms with van der Waals surface area (Å²) in [6.45, 7) is 12.3. The number of likely N-dealkylation sites (tertiary alicyclic amines) is 2. The second kappa shape index (κ2) is 8.89. The quantitative estimate of drug-likeness (QED) is 0.719. The number of nitrogens with zero attached hydrogens (tertiary/aromatic N) is 2. The van der Waals surface area contributed by atoms with Crippen LogP contribution in [0.5, 0.6) is 0 Å². The van der Waals surface area contributed by atoms with Crippen LogP contribution in [-0.4, -0.2) is 74.9 Å². The molecular weight excluding hydrogens is 354 g/mol. The molecule has 0 bridgehead atoms. The van der Waals surface area contributed by atoms with Gasteiger partial charge in [0.05, 0.1) is 5.75 Å². The molecule has 0 aromatic heterocycles. The summed E-state index contributed by atoms with van der Waals surface area (Å²) in [5.74, 6) is 1.30. The number of rotatable bonds is 7. The van der Waals surface area contributed by atoms with Crippen LogP contribution in [0, 0.1) is 11.8 Å². The van der Waals surface area contributed by atoms with Crippen LogP contribution in [0.3, 0.4) is 0 Å². The van der Waals surface area contributed by atoms with Crippen LogP contribution in [0.2, 0.25) is 0 Å². The molecule has 1 unspecified atom stereocenters. The Labute approximate surface area is 158 Å². The van der Waals surface area contributed by atoms with E-state index in [9.17, 15) is 13.2 Å². The molecule has 0 saturated carbocycles. The molecule has 26 heavy (non-hydrogen) atoms. The van der Waals surface area contributed by atoms with E-state index in [1.165, 1.54) is 6.42 Å². The summed E-state index contributed by atoms with van der Waals surface area (Å²) in [5, 5.41) is 0. The molecule has 2 aliphatic rings. The molecule has 8 heteroatoms. The molecule has 1 N–H and O–H groups in total. The summed E-state index contributed by atoms with van der Waals surface area (Å²) >= 11 is 0. The van der Waals surface area contributed by atoms with Gasteiger partial charge in [0.1, 0.15) is 5.60 Å². The Morgan fingerprint density at radius 2 is 1.88 bits per heavy atom. The molecule has 0 spiro atoms. The summed E-state index contributed by atoms with van der Waals surface area (Å²) in [6.07, 6.45) is 2.74. The van der Waals surface area contributed by atoms with Crippen molar-refractivity contribution < 1.29 is 17.9 Å². The molecule has 2 aliphatic heterocycles. The van der Waals surface area contributed by atoms with Gasteiger partial charge in [0, 0.05) is 32.7 Å². The maximum atomic E-state index is 12.1. The number of carbonyl (C=O) groups is 1. The van der Waals surface area contributed by atoms with Crippen molar-refractivity contribution in [3.63, 3.8) is 0 Å². The standard InChI is InChI=1S/C18H35N3O4S/c1-5-11-26(23,24)19-8-10-20-9-6-7-15(12-20)16-13-21(14-16)17(22)25-18(2,3)4/h15-16,19H,5-14H2,1-4H3. The van der Waals surface area contributed by atoms with E-state index in [0.717, 1.165) is 39.1 Å². The lowest BCUT2D eigenvalue weighted by molar-refractivity contribution is -0.0194. The van der Waals surface area contributed by atoms with Gasteiger partial charge in [-0.15, -0.1) is 0 Å². The largest absolute Gasteiger partial charge is 0.444 e. The zero-order chi connectivity index (χ0) is 19.4. The maximum absolute atomic E-state index is 12.1. The Morgan fingerprint density at radius 1 is 1.19 bits per heavy atom. The Hall–Kier alpha value is -0.860. The van der Waals surface area contributed by atoms with Crippen LogP contribution in [0.4, 0.5) is 4.79 Å². The number of amides is 1. The third kappa shape index (κ3) is 6.70. The second-order valence-electron chi connectivity index (χ2n) is 8.56. The van der Waals surface area contributed by atoms with E-state index in [-0.39, 0.29) is 11.8 Å². The van der Waals surface area contributed by atoms with Crippen molar-refractivity contribution >= 4 is 16.1 Å². The van der Waals surface area contributed by atoms with E-state index in [1.54, 1.807) is 4.90 Å². The second-order valence-corrected chi connectivity index (χ2v) is 10.5. The first kappa shape index (κ1) is 21.4. The molecule has 0 aliphatic carbocycles. The number of sulfonamides is 1.